The monoisotopic (exact) mass is 479 g/mol. The third-order valence-electron chi connectivity index (χ3n) is 5.94. The van der Waals surface area contributed by atoms with Crippen molar-refractivity contribution in [2.75, 3.05) is 5.32 Å². The Balaban J connectivity index is 1.41. The summed E-state index contributed by atoms with van der Waals surface area (Å²) < 4.78 is 6.89. The number of furan rings is 1. The fraction of sp³-hybridized carbons (Fsp3) is 0.143. The van der Waals surface area contributed by atoms with E-state index in [0.29, 0.717) is 35.0 Å². The number of nitrogens with one attached hydrogen (secondary N) is 2. The summed E-state index contributed by atoms with van der Waals surface area (Å²) in [6.45, 7) is 3.69. The summed E-state index contributed by atoms with van der Waals surface area (Å²) in [5.74, 6) is 0.901. The highest BCUT2D eigenvalue weighted by Gasteiger charge is 2.18. The molecule has 5 aromatic rings. The van der Waals surface area contributed by atoms with E-state index in [2.05, 4.69) is 20.4 Å². The Kier molecular flexibility index (Phi) is 6.32. The molecule has 0 fully saturated rings. The zero-order chi connectivity index (χ0) is 25.1. The Morgan fingerprint density at radius 2 is 1.78 bits per heavy atom. The number of amides is 1. The number of aromatic nitrogens is 4. The molecule has 0 saturated carbocycles. The number of aromatic amines is 1. The van der Waals surface area contributed by atoms with E-state index in [1.165, 1.54) is 4.68 Å². The molecule has 0 bridgehead atoms. The van der Waals surface area contributed by atoms with E-state index in [4.69, 9.17) is 4.42 Å². The predicted molar refractivity (Wildman–Crippen MR) is 138 cm³/mol. The highest BCUT2D eigenvalue weighted by atomic mass is 16.3. The number of carbonyl (C=O) groups is 1. The highest BCUT2D eigenvalue weighted by Crippen LogP contribution is 2.25. The van der Waals surface area contributed by atoms with Crippen LogP contribution in [0.4, 0.5) is 5.82 Å². The average Bonchev–Trinajstić information content (AvgIpc) is 3.55. The molecule has 0 saturated heterocycles. The van der Waals surface area contributed by atoms with Crippen LogP contribution in [0.25, 0.3) is 28.5 Å². The van der Waals surface area contributed by atoms with Gasteiger partial charge in [0.25, 0.3) is 5.56 Å². The number of carbonyl (C=O) groups excluding carboxylic acids is 1. The van der Waals surface area contributed by atoms with Gasteiger partial charge in [0.1, 0.15) is 11.5 Å². The van der Waals surface area contributed by atoms with Crippen molar-refractivity contribution in [1.82, 2.24) is 19.7 Å². The molecule has 0 atom stereocenters. The van der Waals surface area contributed by atoms with Gasteiger partial charge in [-0.25, -0.2) is 4.98 Å². The first-order valence-corrected chi connectivity index (χ1v) is 11.7. The van der Waals surface area contributed by atoms with E-state index in [9.17, 15) is 9.59 Å². The third-order valence-corrected chi connectivity index (χ3v) is 5.94. The van der Waals surface area contributed by atoms with E-state index >= 15 is 0 Å². The highest BCUT2D eigenvalue weighted by molar-refractivity contribution is 5.92. The molecule has 180 valence electrons. The van der Waals surface area contributed by atoms with Gasteiger partial charge in [-0.15, -0.1) is 0 Å². The van der Waals surface area contributed by atoms with Gasteiger partial charge in [0.05, 0.1) is 12.7 Å². The summed E-state index contributed by atoms with van der Waals surface area (Å²) in [5, 5.41) is 7.45. The smallest absolute Gasteiger partial charge is 0.255 e. The van der Waals surface area contributed by atoms with Crippen LogP contribution < -0.4 is 10.9 Å². The van der Waals surface area contributed by atoms with Crippen molar-refractivity contribution in [1.29, 1.82) is 0 Å². The minimum Gasteiger partial charge on any atom is -0.463 e. The zero-order valence-electron chi connectivity index (χ0n) is 20.0. The lowest BCUT2D eigenvalue weighted by molar-refractivity contribution is -0.115. The molecule has 3 heterocycles. The molecule has 0 radical (unpaired) electrons. The standard InChI is InChI=1S/C28H25N5O3/c1-3-22-18(2)29-28(31-27(22)35)33-25(17-23(32-33)24-10-7-15-36-24)30-26(34)16-19-11-13-21(14-12-19)20-8-5-4-6-9-20/h4-15,17H,3,16H2,1-2H3,(H,30,34)(H,29,31,35). The quantitative estimate of drug-likeness (QED) is 0.344. The van der Waals surface area contributed by atoms with Crippen LogP contribution in [0, 0.1) is 6.92 Å². The fourth-order valence-corrected chi connectivity index (χ4v) is 4.11. The van der Waals surface area contributed by atoms with Gasteiger partial charge in [-0.05, 0) is 42.2 Å². The third kappa shape index (κ3) is 4.74. The van der Waals surface area contributed by atoms with Gasteiger partial charge in [-0.1, -0.05) is 61.5 Å². The molecule has 3 aromatic heterocycles. The molecule has 1 amide bonds. The molecular weight excluding hydrogens is 454 g/mol. The second kappa shape index (κ2) is 9.87. The number of H-pyrrole nitrogens is 1. The first-order valence-electron chi connectivity index (χ1n) is 11.7. The summed E-state index contributed by atoms with van der Waals surface area (Å²) in [5.41, 5.74) is 4.58. The molecule has 5 rings (SSSR count). The van der Waals surface area contributed by atoms with Crippen LogP contribution in [0.5, 0.6) is 0 Å². The van der Waals surface area contributed by atoms with Crippen LogP contribution in [0.3, 0.4) is 0 Å². The van der Waals surface area contributed by atoms with E-state index in [0.717, 1.165) is 16.7 Å². The first kappa shape index (κ1) is 23.0. The second-order valence-electron chi connectivity index (χ2n) is 8.40. The van der Waals surface area contributed by atoms with Gasteiger partial charge in [0.2, 0.25) is 11.9 Å². The molecule has 0 unspecified atom stereocenters. The Morgan fingerprint density at radius 3 is 2.44 bits per heavy atom. The molecule has 0 aliphatic heterocycles. The molecule has 8 nitrogen and oxygen atoms in total. The van der Waals surface area contributed by atoms with Crippen molar-refractivity contribution in [2.45, 2.75) is 26.7 Å². The van der Waals surface area contributed by atoms with Gasteiger partial charge in [-0.3, -0.25) is 14.6 Å². The Hall–Kier alpha value is -4.72. The number of anilines is 1. The van der Waals surface area contributed by atoms with E-state index in [1.807, 2.05) is 61.5 Å². The Morgan fingerprint density at radius 1 is 1.03 bits per heavy atom. The minimum absolute atomic E-state index is 0.175. The summed E-state index contributed by atoms with van der Waals surface area (Å²) in [7, 11) is 0. The van der Waals surface area contributed by atoms with Crippen LogP contribution in [-0.2, 0) is 17.6 Å². The number of aryl methyl sites for hydroxylation is 1. The van der Waals surface area contributed by atoms with E-state index in [-0.39, 0.29) is 23.8 Å². The molecule has 2 N–H and O–H groups in total. The molecule has 36 heavy (non-hydrogen) atoms. The normalized spacial score (nSPS) is 10.9. The lowest BCUT2D eigenvalue weighted by Crippen LogP contribution is -2.22. The Labute approximate surface area is 207 Å². The fourth-order valence-electron chi connectivity index (χ4n) is 4.11. The summed E-state index contributed by atoms with van der Waals surface area (Å²) in [4.78, 5) is 32.8. The number of rotatable bonds is 7. The number of nitrogens with zero attached hydrogens (tertiary/aromatic N) is 3. The SMILES string of the molecule is CCc1c(C)nc(-n2nc(-c3ccco3)cc2NC(=O)Cc2ccc(-c3ccccc3)cc2)[nH]c1=O. The zero-order valence-corrected chi connectivity index (χ0v) is 20.0. The second-order valence-corrected chi connectivity index (χ2v) is 8.40. The van der Waals surface area contributed by atoms with Gasteiger partial charge in [0, 0.05) is 17.3 Å². The van der Waals surface area contributed by atoms with Crippen LogP contribution in [0.1, 0.15) is 23.7 Å². The maximum Gasteiger partial charge on any atom is 0.255 e. The Bertz CT molecular complexity index is 1550. The van der Waals surface area contributed by atoms with Crippen molar-refractivity contribution in [3.8, 4) is 28.5 Å². The first-order chi connectivity index (χ1) is 17.5. The number of benzene rings is 2. The van der Waals surface area contributed by atoms with Crippen molar-refractivity contribution >= 4 is 11.7 Å². The largest absolute Gasteiger partial charge is 0.463 e. The van der Waals surface area contributed by atoms with Crippen LogP contribution >= 0.6 is 0 Å². The molecule has 0 spiro atoms. The van der Waals surface area contributed by atoms with Gasteiger partial charge >= 0.3 is 0 Å². The van der Waals surface area contributed by atoms with Crippen molar-refractivity contribution < 1.29 is 9.21 Å². The summed E-state index contributed by atoms with van der Waals surface area (Å²) >= 11 is 0. The van der Waals surface area contributed by atoms with E-state index < -0.39 is 0 Å². The number of hydrogen-bond acceptors (Lipinski definition) is 5. The number of hydrogen-bond donors (Lipinski definition) is 2. The van der Waals surface area contributed by atoms with Gasteiger partial charge in [0.15, 0.2) is 5.76 Å². The summed E-state index contributed by atoms with van der Waals surface area (Å²) in [6, 6.07) is 23.2. The molecule has 0 aliphatic rings. The van der Waals surface area contributed by atoms with E-state index in [1.54, 1.807) is 31.4 Å². The lowest BCUT2D eigenvalue weighted by Gasteiger charge is -2.10. The van der Waals surface area contributed by atoms with Crippen LogP contribution in [0.15, 0.2) is 88.3 Å². The molecule has 0 aliphatic carbocycles. The van der Waals surface area contributed by atoms with Crippen molar-refractivity contribution in [2.24, 2.45) is 0 Å². The maximum atomic E-state index is 13.0. The minimum atomic E-state index is -0.231. The van der Waals surface area contributed by atoms with Gasteiger partial charge in [-0.2, -0.15) is 9.78 Å². The van der Waals surface area contributed by atoms with Crippen LogP contribution in [-0.4, -0.2) is 25.7 Å². The molecule has 2 aromatic carbocycles. The average molecular weight is 480 g/mol. The predicted octanol–water partition coefficient (Wildman–Crippen LogP) is 4.93. The molecule has 8 heteroatoms. The maximum absolute atomic E-state index is 13.0. The van der Waals surface area contributed by atoms with Crippen LogP contribution in [0.2, 0.25) is 0 Å². The van der Waals surface area contributed by atoms with Gasteiger partial charge < -0.3 is 9.73 Å². The lowest BCUT2D eigenvalue weighted by atomic mass is 10.0. The topological polar surface area (TPSA) is 106 Å². The van der Waals surface area contributed by atoms with Crippen molar-refractivity contribution in [3.63, 3.8) is 0 Å². The van der Waals surface area contributed by atoms with Crippen molar-refractivity contribution in [3.05, 3.63) is 106 Å². The summed E-state index contributed by atoms with van der Waals surface area (Å²) in [6.07, 6.45) is 2.29. The molecular formula is C28H25N5O3.